The third-order valence-electron chi connectivity index (χ3n) is 4.62. The first kappa shape index (κ1) is 14.8. The van der Waals surface area contributed by atoms with Gasteiger partial charge in [-0.05, 0) is 37.2 Å². The van der Waals surface area contributed by atoms with Gasteiger partial charge in [0.1, 0.15) is 6.33 Å². The summed E-state index contributed by atoms with van der Waals surface area (Å²) in [6.45, 7) is 5.40. The molecule has 3 heterocycles. The van der Waals surface area contributed by atoms with E-state index in [0.717, 1.165) is 31.2 Å². The average Bonchev–Trinajstić information content (AvgIpc) is 3.23. The van der Waals surface area contributed by atoms with Gasteiger partial charge in [-0.15, -0.1) is 0 Å². The summed E-state index contributed by atoms with van der Waals surface area (Å²) >= 11 is 1.71. The van der Waals surface area contributed by atoms with Crippen LogP contribution in [-0.4, -0.2) is 55.8 Å². The lowest BCUT2D eigenvalue weighted by molar-refractivity contribution is 0.148. The second-order valence-corrected chi connectivity index (χ2v) is 7.35. The van der Waals surface area contributed by atoms with E-state index in [9.17, 15) is 4.79 Å². The number of allylic oxidation sites excluding steroid dienone is 1. The summed E-state index contributed by atoms with van der Waals surface area (Å²) in [4.78, 5) is 27.3. The molecule has 0 N–H and O–H groups in total. The standard InChI is InChI=1S/C16H21N5OS/c1-12-10-23-16(21(12)9-14-4-5-17-11-18-14)20-7-6-19(15(20)22)8-13-2-3-13/h4-5,10-11,13,16H,2-3,6-9H2,1H3. The highest BCUT2D eigenvalue weighted by Gasteiger charge is 2.40. The summed E-state index contributed by atoms with van der Waals surface area (Å²) in [5, 5.41) is 2.14. The van der Waals surface area contributed by atoms with Crippen LogP contribution >= 0.6 is 11.8 Å². The molecule has 1 aromatic rings. The molecular formula is C16H21N5OS. The summed E-state index contributed by atoms with van der Waals surface area (Å²) in [7, 11) is 0. The van der Waals surface area contributed by atoms with Crippen LogP contribution in [-0.2, 0) is 6.54 Å². The molecule has 1 aromatic heterocycles. The average molecular weight is 331 g/mol. The van der Waals surface area contributed by atoms with Gasteiger partial charge >= 0.3 is 6.03 Å². The molecule has 1 saturated heterocycles. The molecule has 1 unspecified atom stereocenters. The third kappa shape index (κ3) is 3.02. The summed E-state index contributed by atoms with van der Waals surface area (Å²) < 4.78 is 0. The minimum atomic E-state index is 0.0432. The van der Waals surface area contributed by atoms with E-state index in [1.807, 2.05) is 15.9 Å². The molecule has 2 fully saturated rings. The second kappa shape index (κ2) is 6.03. The van der Waals surface area contributed by atoms with Crippen molar-refractivity contribution in [3.63, 3.8) is 0 Å². The lowest BCUT2D eigenvalue weighted by Gasteiger charge is -2.33. The highest BCUT2D eigenvalue weighted by molar-refractivity contribution is 8.02. The fourth-order valence-corrected chi connectivity index (χ4v) is 4.28. The Bertz CT molecular complexity index is 618. The van der Waals surface area contributed by atoms with Gasteiger partial charge in [0.25, 0.3) is 0 Å². The third-order valence-corrected chi connectivity index (χ3v) is 5.85. The van der Waals surface area contributed by atoms with Crippen LogP contribution in [0, 0.1) is 5.92 Å². The van der Waals surface area contributed by atoms with E-state index in [2.05, 4.69) is 27.2 Å². The topological polar surface area (TPSA) is 52.6 Å². The first-order valence-electron chi connectivity index (χ1n) is 8.11. The first-order valence-corrected chi connectivity index (χ1v) is 9.06. The van der Waals surface area contributed by atoms with Crippen molar-refractivity contribution in [1.82, 2.24) is 24.7 Å². The number of thioether (sulfide) groups is 1. The highest BCUT2D eigenvalue weighted by atomic mass is 32.2. The van der Waals surface area contributed by atoms with E-state index in [0.29, 0.717) is 6.54 Å². The molecule has 0 radical (unpaired) electrons. The van der Waals surface area contributed by atoms with Crippen LogP contribution in [0.1, 0.15) is 25.5 Å². The van der Waals surface area contributed by atoms with E-state index in [4.69, 9.17) is 0 Å². The van der Waals surface area contributed by atoms with Crippen molar-refractivity contribution >= 4 is 17.8 Å². The Morgan fingerprint density at radius 2 is 2.22 bits per heavy atom. The Morgan fingerprint density at radius 3 is 2.96 bits per heavy atom. The molecule has 0 spiro atoms. The van der Waals surface area contributed by atoms with Crippen LogP contribution in [0.2, 0.25) is 0 Å². The van der Waals surface area contributed by atoms with E-state index in [1.54, 1.807) is 24.3 Å². The number of carbonyl (C=O) groups excluding carboxylic acids is 1. The van der Waals surface area contributed by atoms with Gasteiger partial charge < -0.3 is 9.80 Å². The lowest BCUT2D eigenvalue weighted by Crippen LogP contribution is -2.45. The Kier molecular flexibility index (Phi) is 3.88. The van der Waals surface area contributed by atoms with Gasteiger partial charge in [-0.1, -0.05) is 11.8 Å². The fraction of sp³-hybridized carbons (Fsp3) is 0.562. The number of hydrogen-bond acceptors (Lipinski definition) is 5. The number of urea groups is 1. The molecule has 4 rings (SSSR count). The quantitative estimate of drug-likeness (QED) is 0.829. The zero-order valence-electron chi connectivity index (χ0n) is 13.3. The molecule has 1 aliphatic carbocycles. The Balaban J connectivity index is 1.46. The number of carbonyl (C=O) groups is 1. The van der Waals surface area contributed by atoms with Crippen molar-refractivity contribution in [2.24, 2.45) is 5.92 Å². The molecule has 0 aromatic carbocycles. The smallest absolute Gasteiger partial charge is 0.322 e. The molecule has 3 aliphatic rings. The van der Waals surface area contributed by atoms with E-state index in [1.165, 1.54) is 18.5 Å². The maximum atomic E-state index is 12.7. The molecule has 1 saturated carbocycles. The van der Waals surface area contributed by atoms with Crippen molar-refractivity contribution in [3.05, 3.63) is 35.4 Å². The van der Waals surface area contributed by atoms with Gasteiger partial charge in [-0.2, -0.15) is 0 Å². The molecule has 0 bridgehead atoms. The molecule has 122 valence electrons. The highest BCUT2D eigenvalue weighted by Crippen LogP contribution is 2.37. The summed E-state index contributed by atoms with van der Waals surface area (Å²) in [6.07, 6.45) is 5.90. The van der Waals surface area contributed by atoms with Crippen molar-refractivity contribution < 1.29 is 4.79 Å². The molecular weight excluding hydrogens is 310 g/mol. The van der Waals surface area contributed by atoms with Gasteiger partial charge in [0, 0.05) is 31.5 Å². The maximum absolute atomic E-state index is 12.7. The zero-order valence-corrected chi connectivity index (χ0v) is 14.1. The van der Waals surface area contributed by atoms with Crippen LogP contribution in [0.15, 0.2) is 29.7 Å². The maximum Gasteiger partial charge on any atom is 0.322 e. The predicted molar refractivity (Wildman–Crippen MR) is 89.1 cm³/mol. The predicted octanol–water partition coefficient (Wildman–Crippen LogP) is 2.32. The minimum Gasteiger partial charge on any atom is -0.340 e. The Morgan fingerprint density at radius 1 is 1.35 bits per heavy atom. The zero-order chi connectivity index (χ0) is 15.8. The first-order chi connectivity index (χ1) is 11.2. The van der Waals surface area contributed by atoms with Gasteiger partial charge in [-0.25, -0.2) is 14.8 Å². The van der Waals surface area contributed by atoms with Gasteiger partial charge in [0.05, 0.1) is 12.2 Å². The van der Waals surface area contributed by atoms with E-state index >= 15 is 0 Å². The Hall–Kier alpha value is -1.76. The number of amides is 2. The van der Waals surface area contributed by atoms with Crippen molar-refractivity contribution in [3.8, 4) is 0 Å². The van der Waals surface area contributed by atoms with Crippen molar-refractivity contribution in [2.45, 2.75) is 31.8 Å². The normalized spacial score (nSPS) is 24.6. The molecule has 2 aliphatic heterocycles. The van der Waals surface area contributed by atoms with Crippen LogP contribution < -0.4 is 0 Å². The fourth-order valence-electron chi connectivity index (χ4n) is 3.09. The van der Waals surface area contributed by atoms with Crippen LogP contribution in [0.4, 0.5) is 4.79 Å². The molecule has 1 atom stereocenters. The second-order valence-electron chi connectivity index (χ2n) is 6.42. The summed E-state index contributed by atoms with van der Waals surface area (Å²) in [5.74, 6) is 0.743. The number of aromatic nitrogens is 2. The van der Waals surface area contributed by atoms with Gasteiger partial charge in [0.15, 0.2) is 5.50 Å². The van der Waals surface area contributed by atoms with Crippen LogP contribution in [0.5, 0.6) is 0 Å². The molecule has 2 amide bonds. The molecule has 6 nitrogen and oxygen atoms in total. The Labute approximate surface area is 140 Å². The summed E-state index contributed by atoms with van der Waals surface area (Å²) in [5.41, 5.74) is 2.20. The SMILES string of the molecule is CC1=CSC(N2CCN(CC3CC3)C2=O)N1Cc1ccncn1. The summed E-state index contributed by atoms with van der Waals surface area (Å²) in [6, 6.07) is 2.11. The number of rotatable bonds is 5. The van der Waals surface area contributed by atoms with Crippen molar-refractivity contribution in [2.75, 3.05) is 19.6 Å². The van der Waals surface area contributed by atoms with Gasteiger partial charge in [-0.3, -0.25) is 4.90 Å². The van der Waals surface area contributed by atoms with Gasteiger partial charge in [0.2, 0.25) is 0 Å². The van der Waals surface area contributed by atoms with Crippen LogP contribution in [0.25, 0.3) is 0 Å². The molecule has 7 heteroatoms. The van der Waals surface area contributed by atoms with E-state index < -0.39 is 0 Å². The van der Waals surface area contributed by atoms with Crippen molar-refractivity contribution in [1.29, 1.82) is 0 Å². The number of nitrogens with zero attached hydrogens (tertiary/aromatic N) is 5. The minimum absolute atomic E-state index is 0.0432. The lowest BCUT2D eigenvalue weighted by atomic mass is 10.3. The largest absolute Gasteiger partial charge is 0.340 e. The number of hydrogen-bond donors (Lipinski definition) is 0. The van der Waals surface area contributed by atoms with Crippen LogP contribution in [0.3, 0.4) is 0 Å². The molecule has 23 heavy (non-hydrogen) atoms. The monoisotopic (exact) mass is 331 g/mol. The van der Waals surface area contributed by atoms with E-state index in [-0.39, 0.29) is 11.5 Å².